The van der Waals surface area contributed by atoms with Gasteiger partial charge in [-0.25, -0.2) is 0 Å². The topological polar surface area (TPSA) is 76.2 Å². The van der Waals surface area contributed by atoms with Gasteiger partial charge in [0.1, 0.15) is 11.5 Å². The van der Waals surface area contributed by atoms with Crippen LogP contribution in [-0.4, -0.2) is 29.6 Å². The summed E-state index contributed by atoms with van der Waals surface area (Å²) in [6, 6.07) is 14.1. The number of carbonyl (C=O) groups excluding carboxylic acids is 1. The van der Waals surface area contributed by atoms with Crippen molar-refractivity contribution in [1.82, 2.24) is 10.2 Å². The maximum atomic E-state index is 12.2. The van der Waals surface area contributed by atoms with Crippen molar-refractivity contribution in [3.63, 3.8) is 0 Å². The van der Waals surface area contributed by atoms with Gasteiger partial charge in [-0.1, -0.05) is 24.3 Å². The summed E-state index contributed by atoms with van der Waals surface area (Å²) in [7, 11) is 1.56. The van der Waals surface area contributed by atoms with Gasteiger partial charge in [0.05, 0.1) is 19.2 Å². The fourth-order valence-corrected chi connectivity index (χ4v) is 2.57. The Balaban J connectivity index is 1.62. The molecule has 0 saturated heterocycles. The summed E-state index contributed by atoms with van der Waals surface area (Å²) >= 11 is 0. The van der Waals surface area contributed by atoms with Crippen molar-refractivity contribution >= 4 is 11.7 Å². The second kappa shape index (κ2) is 8.03. The third kappa shape index (κ3) is 5.03. The van der Waals surface area contributed by atoms with Gasteiger partial charge in [-0.3, -0.25) is 9.89 Å². The van der Waals surface area contributed by atoms with Crippen LogP contribution in [-0.2, 0) is 11.2 Å². The Morgan fingerprint density at radius 2 is 1.86 bits per heavy atom. The molecule has 0 radical (unpaired) electrons. The summed E-state index contributed by atoms with van der Waals surface area (Å²) in [6.07, 6.45) is -4.78. The van der Waals surface area contributed by atoms with Crippen molar-refractivity contribution in [2.45, 2.75) is 12.8 Å². The number of rotatable bonds is 6. The first kappa shape index (κ1) is 19.3. The molecule has 28 heavy (non-hydrogen) atoms. The van der Waals surface area contributed by atoms with Gasteiger partial charge in [-0.15, -0.1) is 13.2 Å². The van der Waals surface area contributed by atoms with Crippen molar-refractivity contribution in [3.8, 4) is 22.8 Å². The van der Waals surface area contributed by atoms with Gasteiger partial charge in [-0.05, 0) is 29.8 Å². The second-order valence-electron chi connectivity index (χ2n) is 5.78. The quantitative estimate of drug-likeness (QED) is 0.661. The molecule has 0 atom stereocenters. The van der Waals surface area contributed by atoms with Crippen LogP contribution in [0.2, 0.25) is 0 Å². The molecule has 3 aromatic rings. The Morgan fingerprint density at radius 1 is 1.14 bits per heavy atom. The molecule has 0 aliphatic heterocycles. The molecule has 2 aromatic carbocycles. The first-order valence-corrected chi connectivity index (χ1v) is 8.17. The van der Waals surface area contributed by atoms with Crippen molar-refractivity contribution in [3.05, 3.63) is 60.2 Å². The molecule has 0 aliphatic carbocycles. The molecule has 0 spiro atoms. The molecule has 6 nitrogen and oxygen atoms in total. The van der Waals surface area contributed by atoms with Gasteiger partial charge in [0.15, 0.2) is 5.82 Å². The number of amides is 1. The summed E-state index contributed by atoms with van der Waals surface area (Å²) in [6.45, 7) is 0. The number of nitrogens with zero attached hydrogens (tertiary/aromatic N) is 1. The molecule has 9 heteroatoms. The van der Waals surface area contributed by atoms with Gasteiger partial charge in [-0.2, -0.15) is 5.10 Å². The number of benzene rings is 2. The minimum Gasteiger partial charge on any atom is -0.496 e. The number of nitrogens with one attached hydrogen (secondary N) is 2. The predicted molar refractivity (Wildman–Crippen MR) is 96.0 cm³/mol. The highest BCUT2D eigenvalue weighted by atomic mass is 19.4. The molecule has 0 saturated carbocycles. The number of aromatic amines is 1. The molecular formula is C19H16F3N3O3. The van der Waals surface area contributed by atoms with E-state index < -0.39 is 6.36 Å². The van der Waals surface area contributed by atoms with E-state index in [4.69, 9.17) is 4.74 Å². The molecule has 0 aliphatic rings. The average Bonchev–Trinajstić information content (AvgIpc) is 3.10. The summed E-state index contributed by atoms with van der Waals surface area (Å²) in [5, 5.41) is 9.51. The molecule has 0 bridgehead atoms. The predicted octanol–water partition coefficient (Wildman–Crippen LogP) is 4.17. The number of hydrogen-bond acceptors (Lipinski definition) is 4. The van der Waals surface area contributed by atoms with Crippen LogP contribution in [0.25, 0.3) is 11.3 Å². The van der Waals surface area contributed by atoms with Crippen LogP contribution in [0.4, 0.5) is 19.0 Å². The standard InChI is InChI=1S/C19H16F3N3O3/c1-27-16-5-3-2-4-14(16)15-11-17(25-24-15)23-18(26)10-12-6-8-13(9-7-12)28-19(20,21)22/h2-9,11H,10H2,1H3,(H2,23,24,25,26). The van der Waals surface area contributed by atoms with Gasteiger partial charge >= 0.3 is 6.36 Å². The van der Waals surface area contributed by atoms with Gasteiger partial charge in [0, 0.05) is 11.6 Å². The van der Waals surface area contributed by atoms with Gasteiger partial charge < -0.3 is 14.8 Å². The molecular weight excluding hydrogens is 375 g/mol. The lowest BCUT2D eigenvalue weighted by molar-refractivity contribution is -0.274. The van der Waals surface area contributed by atoms with Crippen LogP contribution in [0.1, 0.15) is 5.56 Å². The van der Waals surface area contributed by atoms with Crippen molar-refractivity contribution in [2.75, 3.05) is 12.4 Å². The highest BCUT2D eigenvalue weighted by Gasteiger charge is 2.30. The third-order valence-electron chi connectivity index (χ3n) is 3.76. The zero-order valence-electron chi connectivity index (χ0n) is 14.7. The van der Waals surface area contributed by atoms with Gasteiger partial charge in [0.2, 0.25) is 5.91 Å². The number of anilines is 1. The lowest BCUT2D eigenvalue weighted by Crippen LogP contribution is -2.17. The van der Waals surface area contributed by atoms with E-state index in [2.05, 4.69) is 20.3 Å². The Kier molecular flexibility index (Phi) is 5.53. The van der Waals surface area contributed by atoms with Crippen LogP contribution >= 0.6 is 0 Å². The molecule has 3 rings (SSSR count). The molecule has 0 unspecified atom stereocenters. The van der Waals surface area contributed by atoms with Crippen LogP contribution in [0.15, 0.2) is 54.6 Å². The zero-order valence-corrected chi connectivity index (χ0v) is 14.7. The van der Waals surface area contributed by atoms with E-state index in [9.17, 15) is 18.0 Å². The fraction of sp³-hybridized carbons (Fsp3) is 0.158. The van der Waals surface area contributed by atoms with E-state index in [1.54, 1.807) is 19.2 Å². The largest absolute Gasteiger partial charge is 0.573 e. The minimum atomic E-state index is -4.75. The van der Waals surface area contributed by atoms with Crippen LogP contribution in [0, 0.1) is 0 Å². The fourth-order valence-electron chi connectivity index (χ4n) is 2.57. The Morgan fingerprint density at radius 3 is 2.54 bits per heavy atom. The number of halogens is 3. The minimum absolute atomic E-state index is 0.0247. The number of alkyl halides is 3. The van der Waals surface area contributed by atoms with E-state index in [-0.39, 0.29) is 18.1 Å². The SMILES string of the molecule is COc1ccccc1-c1cc(NC(=O)Cc2ccc(OC(F)(F)F)cc2)n[nH]1. The van der Waals surface area contributed by atoms with E-state index in [1.165, 1.54) is 12.1 Å². The summed E-state index contributed by atoms with van der Waals surface area (Å²) in [5.74, 6) is 0.279. The molecule has 1 heterocycles. The zero-order chi connectivity index (χ0) is 20.1. The van der Waals surface area contributed by atoms with E-state index in [0.717, 1.165) is 17.7 Å². The van der Waals surface area contributed by atoms with Gasteiger partial charge in [0.25, 0.3) is 0 Å². The molecule has 0 fully saturated rings. The molecule has 146 valence electrons. The van der Waals surface area contributed by atoms with Crippen molar-refractivity contribution in [2.24, 2.45) is 0 Å². The second-order valence-corrected chi connectivity index (χ2v) is 5.78. The number of hydrogen-bond donors (Lipinski definition) is 2. The lowest BCUT2D eigenvalue weighted by Gasteiger charge is -2.09. The normalized spacial score (nSPS) is 11.1. The molecule has 1 amide bonds. The Labute approximate surface area is 158 Å². The Bertz CT molecular complexity index is 953. The van der Waals surface area contributed by atoms with E-state index in [0.29, 0.717) is 22.8 Å². The van der Waals surface area contributed by atoms with Crippen molar-refractivity contribution in [1.29, 1.82) is 0 Å². The smallest absolute Gasteiger partial charge is 0.496 e. The van der Waals surface area contributed by atoms with E-state index >= 15 is 0 Å². The Hall–Kier alpha value is -3.49. The van der Waals surface area contributed by atoms with E-state index in [1.807, 2.05) is 18.2 Å². The molecule has 1 aromatic heterocycles. The number of aromatic nitrogens is 2. The summed E-state index contributed by atoms with van der Waals surface area (Å²) in [4.78, 5) is 12.2. The lowest BCUT2D eigenvalue weighted by atomic mass is 10.1. The third-order valence-corrected chi connectivity index (χ3v) is 3.76. The first-order valence-electron chi connectivity index (χ1n) is 8.17. The number of H-pyrrole nitrogens is 1. The monoisotopic (exact) mass is 391 g/mol. The van der Waals surface area contributed by atoms with Crippen LogP contribution < -0.4 is 14.8 Å². The van der Waals surface area contributed by atoms with Crippen LogP contribution in [0.3, 0.4) is 0 Å². The maximum absolute atomic E-state index is 12.2. The first-order chi connectivity index (χ1) is 13.3. The number of methoxy groups -OCH3 is 1. The molecule has 2 N–H and O–H groups in total. The highest BCUT2D eigenvalue weighted by Crippen LogP contribution is 2.29. The summed E-state index contributed by atoms with van der Waals surface area (Å²) in [5.41, 5.74) is 1.99. The van der Waals surface area contributed by atoms with Crippen molar-refractivity contribution < 1.29 is 27.4 Å². The summed E-state index contributed by atoms with van der Waals surface area (Å²) < 4.78 is 45.6. The number of ether oxygens (including phenoxy) is 2. The number of para-hydroxylation sites is 1. The average molecular weight is 391 g/mol. The number of carbonyl (C=O) groups is 1. The maximum Gasteiger partial charge on any atom is 0.573 e. The highest BCUT2D eigenvalue weighted by molar-refractivity contribution is 5.92. The van der Waals surface area contributed by atoms with Crippen LogP contribution in [0.5, 0.6) is 11.5 Å².